The van der Waals surface area contributed by atoms with Gasteiger partial charge in [0.25, 0.3) is 0 Å². The Hall–Kier alpha value is -0.570. The summed E-state index contributed by atoms with van der Waals surface area (Å²) in [5, 5.41) is 0.808. The molecule has 0 saturated heterocycles. The van der Waals surface area contributed by atoms with Crippen molar-refractivity contribution < 1.29 is 0 Å². The van der Waals surface area contributed by atoms with Crippen LogP contribution in [-0.4, -0.2) is 24.5 Å². The van der Waals surface area contributed by atoms with Crippen molar-refractivity contribution in [3.05, 3.63) is 34.9 Å². The van der Waals surface area contributed by atoms with E-state index in [1.165, 1.54) is 31.2 Å². The lowest BCUT2D eigenvalue weighted by atomic mass is 9.94. The molecule has 0 heterocycles. The Morgan fingerprint density at radius 2 is 2.05 bits per heavy atom. The van der Waals surface area contributed by atoms with E-state index < -0.39 is 0 Å². The van der Waals surface area contributed by atoms with E-state index in [4.69, 9.17) is 17.3 Å². The van der Waals surface area contributed by atoms with Crippen LogP contribution in [0, 0.1) is 5.92 Å². The SMILES string of the molecule is CC(c1cccc(Cl)c1)N(C)C(CN)C1CCCC1. The summed E-state index contributed by atoms with van der Waals surface area (Å²) in [6.07, 6.45) is 5.38. The smallest absolute Gasteiger partial charge is 0.0409 e. The second-order valence-electron chi connectivity index (χ2n) is 5.74. The van der Waals surface area contributed by atoms with Crippen molar-refractivity contribution >= 4 is 11.6 Å². The van der Waals surface area contributed by atoms with E-state index in [2.05, 4.69) is 31.0 Å². The molecule has 19 heavy (non-hydrogen) atoms. The fourth-order valence-corrected chi connectivity index (χ4v) is 3.52. The molecule has 1 aromatic rings. The quantitative estimate of drug-likeness (QED) is 0.888. The molecule has 2 atom stereocenters. The van der Waals surface area contributed by atoms with Gasteiger partial charge in [0.05, 0.1) is 0 Å². The lowest BCUT2D eigenvalue weighted by Crippen LogP contribution is -2.43. The highest BCUT2D eigenvalue weighted by atomic mass is 35.5. The zero-order valence-corrected chi connectivity index (χ0v) is 12.7. The maximum atomic E-state index is 6.09. The van der Waals surface area contributed by atoms with E-state index in [1.807, 2.05) is 12.1 Å². The predicted molar refractivity (Wildman–Crippen MR) is 82.4 cm³/mol. The lowest BCUT2D eigenvalue weighted by Gasteiger charge is -2.36. The third kappa shape index (κ3) is 3.50. The summed E-state index contributed by atoms with van der Waals surface area (Å²) in [6.45, 7) is 2.98. The summed E-state index contributed by atoms with van der Waals surface area (Å²) in [4.78, 5) is 2.43. The molecular formula is C16H25ClN2. The summed E-state index contributed by atoms with van der Waals surface area (Å²) in [5.74, 6) is 0.761. The van der Waals surface area contributed by atoms with Gasteiger partial charge in [0.2, 0.25) is 0 Å². The third-order valence-electron chi connectivity index (χ3n) is 4.65. The Balaban J connectivity index is 2.10. The van der Waals surface area contributed by atoms with E-state index >= 15 is 0 Å². The van der Waals surface area contributed by atoms with Crippen molar-refractivity contribution in [3.63, 3.8) is 0 Å². The first-order valence-electron chi connectivity index (χ1n) is 7.31. The van der Waals surface area contributed by atoms with Crippen LogP contribution in [0.2, 0.25) is 5.02 Å². The van der Waals surface area contributed by atoms with Gasteiger partial charge in [-0.3, -0.25) is 4.90 Å². The molecule has 1 aromatic carbocycles. The van der Waals surface area contributed by atoms with Crippen LogP contribution in [0.1, 0.15) is 44.2 Å². The fourth-order valence-electron chi connectivity index (χ4n) is 3.32. The second-order valence-corrected chi connectivity index (χ2v) is 6.18. The highest BCUT2D eigenvalue weighted by molar-refractivity contribution is 6.30. The molecule has 2 nitrogen and oxygen atoms in total. The molecule has 0 amide bonds. The number of hydrogen-bond donors (Lipinski definition) is 1. The van der Waals surface area contributed by atoms with Gasteiger partial charge in [-0.05, 0) is 50.4 Å². The third-order valence-corrected chi connectivity index (χ3v) is 4.89. The minimum atomic E-state index is 0.354. The van der Waals surface area contributed by atoms with Crippen LogP contribution in [-0.2, 0) is 0 Å². The molecule has 1 aliphatic carbocycles. The molecule has 2 unspecified atom stereocenters. The van der Waals surface area contributed by atoms with Crippen LogP contribution >= 0.6 is 11.6 Å². The van der Waals surface area contributed by atoms with E-state index in [9.17, 15) is 0 Å². The molecule has 1 fully saturated rings. The fraction of sp³-hybridized carbons (Fsp3) is 0.625. The molecular weight excluding hydrogens is 256 g/mol. The average Bonchev–Trinajstić information content (AvgIpc) is 2.92. The van der Waals surface area contributed by atoms with Gasteiger partial charge in [-0.1, -0.05) is 36.6 Å². The minimum absolute atomic E-state index is 0.354. The van der Waals surface area contributed by atoms with Crippen molar-refractivity contribution in [1.82, 2.24) is 4.90 Å². The number of rotatable bonds is 5. The maximum absolute atomic E-state index is 6.09. The molecule has 1 saturated carbocycles. The summed E-state index contributed by atoms with van der Waals surface area (Å²) in [5.41, 5.74) is 7.30. The van der Waals surface area contributed by atoms with Crippen LogP contribution < -0.4 is 5.73 Å². The monoisotopic (exact) mass is 280 g/mol. The van der Waals surface area contributed by atoms with Gasteiger partial charge in [0.1, 0.15) is 0 Å². The molecule has 106 valence electrons. The van der Waals surface area contributed by atoms with Gasteiger partial charge in [-0.25, -0.2) is 0 Å². The summed E-state index contributed by atoms with van der Waals surface area (Å²) in [7, 11) is 2.20. The van der Waals surface area contributed by atoms with Crippen LogP contribution in [0.15, 0.2) is 24.3 Å². The predicted octanol–water partition coefficient (Wildman–Crippen LogP) is 3.85. The van der Waals surface area contributed by atoms with E-state index in [0.717, 1.165) is 17.5 Å². The highest BCUT2D eigenvalue weighted by Gasteiger charge is 2.29. The van der Waals surface area contributed by atoms with Crippen LogP contribution in [0.5, 0.6) is 0 Å². The Morgan fingerprint density at radius 1 is 1.37 bits per heavy atom. The zero-order valence-electron chi connectivity index (χ0n) is 12.0. The Labute approximate surface area is 121 Å². The first-order valence-corrected chi connectivity index (χ1v) is 7.68. The number of hydrogen-bond acceptors (Lipinski definition) is 2. The van der Waals surface area contributed by atoms with Crippen LogP contribution in [0.3, 0.4) is 0 Å². The van der Waals surface area contributed by atoms with Crippen LogP contribution in [0.25, 0.3) is 0 Å². The molecule has 0 bridgehead atoms. The maximum Gasteiger partial charge on any atom is 0.0409 e. The molecule has 0 aromatic heterocycles. The molecule has 0 radical (unpaired) electrons. The van der Waals surface area contributed by atoms with Gasteiger partial charge in [0, 0.05) is 23.7 Å². The Morgan fingerprint density at radius 3 is 2.63 bits per heavy atom. The highest BCUT2D eigenvalue weighted by Crippen LogP contribution is 2.33. The van der Waals surface area contributed by atoms with Crippen LogP contribution in [0.4, 0.5) is 0 Å². The van der Waals surface area contributed by atoms with Crippen molar-refractivity contribution in [3.8, 4) is 0 Å². The lowest BCUT2D eigenvalue weighted by molar-refractivity contribution is 0.137. The zero-order chi connectivity index (χ0) is 13.8. The summed E-state index contributed by atoms with van der Waals surface area (Å²) < 4.78 is 0. The number of nitrogens with two attached hydrogens (primary N) is 1. The van der Waals surface area contributed by atoms with E-state index in [-0.39, 0.29) is 0 Å². The van der Waals surface area contributed by atoms with Gasteiger partial charge in [-0.2, -0.15) is 0 Å². The molecule has 2 N–H and O–H groups in total. The Kier molecular flexibility index (Phi) is 5.26. The van der Waals surface area contributed by atoms with Crippen molar-refractivity contribution in [2.75, 3.05) is 13.6 Å². The summed E-state index contributed by atoms with van der Waals surface area (Å²) >= 11 is 6.09. The molecule has 3 heteroatoms. The van der Waals surface area contributed by atoms with Crippen molar-refractivity contribution in [2.24, 2.45) is 11.7 Å². The largest absolute Gasteiger partial charge is 0.329 e. The first kappa shape index (κ1) is 14.8. The van der Waals surface area contributed by atoms with Gasteiger partial charge < -0.3 is 5.73 Å². The van der Waals surface area contributed by atoms with Crippen molar-refractivity contribution in [2.45, 2.75) is 44.7 Å². The van der Waals surface area contributed by atoms with E-state index in [1.54, 1.807) is 0 Å². The van der Waals surface area contributed by atoms with Gasteiger partial charge >= 0.3 is 0 Å². The standard InChI is InChI=1S/C16H25ClN2/c1-12(14-8-5-9-15(17)10-14)19(2)16(11-18)13-6-3-4-7-13/h5,8-10,12-13,16H,3-4,6-7,11,18H2,1-2H3. The minimum Gasteiger partial charge on any atom is -0.329 e. The van der Waals surface area contributed by atoms with E-state index in [0.29, 0.717) is 12.1 Å². The normalized spacial score (nSPS) is 19.8. The molecule has 0 spiro atoms. The first-order chi connectivity index (χ1) is 9.13. The molecule has 2 rings (SSSR count). The summed E-state index contributed by atoms with van der Waals surface area (Å²) in [6, 6.07) is 8.99. The average molecular weight is 281 g/mol. The van der Waals surface area contributed by atoms with Gasteiger partial charge in [0.15, 0.2) is 0 Å². The van der Waals surface area contributed by atoms with Gasteiger partial charge in [-0.15, -0.1) is 0 Å². The van der Waals surface area contributed by atoms with Crippen molar-refractivity contribution in [1.29, 1.82) is 0 Å². The molecule has 1 aliphatic rings. The number of halogens is 1. The second kappa shape index (κ2) is 6.74. The Bertz CT molecular complexity index is 401. The molecule has 0 aliphatic heterocycles. The number of nitrogens with zero attached hydrogens (tertiary/aromatic N) is 1. The topological polar surface area (TPSA) is 29.3 Å². The number of likely N-dealkylation sites (N-methyl/N-ethyl adjacent to an activating group) is 1. The number of benzene rings is 1.